The fourth-order valence-corrected chi connectivity index (χ4v) is 3.59. The van der Waals surface area contributed by atoms with Crippen LogP contribution in [0.25, 0.3) is 11.8 Å². The van der Waals surface area contributed by atoms with Gasteiger partial charge in [0.25, 0.3) is 0 Å². The summed E-state index contributed by atoms with van der Waals surface area (Å²) in [7, 11) is 5.39. The predicted octanol–water partition coefficient (Wildman–Crippen LogP) is 3.97. The van der Waals surface area contributed by atoms with Crippen LogP contribution in [0.1, 0.15) is 24.0 Å². The topological polar surface area (TPSA) is 68.6 Å². The average Bonchev–Trinajstić information content (AvgIpc) is 3.40. The minimum atomic E-state index is 0.0410. The molecule has 7 heteroatoms. The number of nitrogens with zero attached hydrogens (tertiary/aromatic N) is 3. The molecule has 0 aliphatic rings. The maximum atomic E-state index is 12.1. The van der Waals surface area contributed by atoms with Gasteiger partial charge in [0.1, 0.15) is 0 Å². The number of rotatable bonds is 13. The Hall–Kier alpha value is -3.58. The van der Waals surface area contributed by atoms with Gasteiger partial charge in [-0.05, 0) is 61.8 Å². The monoisotopic (exact) mass is 462 g/mol. The summed E-state index contributed by atoms with van der Waals surface area (Å²) in [5, 5.41) is 3.00. The third-order valence-electron chi connectivity index (χ3n) is 5.58. The van der Waals surface area contributed by atoms with Gasteiger partial charge in [0.05, 0.1) is 20.5 Å². The molecule has 0 aliphatic carbocycles. The molecule has 34 heavy (non-hydrogen) atoms. The van der Waals surface area contributed by atoms with Crippen molar-refractivity contribution in [3.63, 3.8) is 0 Å². The molecule has 1 amide bonds. The summed E-state index contributed by atoms with van der Waals surface area (Å²) in [5.41, 5.74) is 3.33. The molecule has 180 valence electrons. The van der Waals surface area contributed by atoms with Crippen LogP contribution in [-0.2, 0) is 11.2 Å². The van der Waals surface area contributed by atoms with Crippen LogP contribution < -0.4 is 14.8 Å². The number of hydrogen-bond acceptors (Lipinski definition) is 5. The van der Waals surface area contributed by atoms with Gasteiger partial charge in [-0.3, -0.25) is 4.79 Å². The van der Waals surface area contributed by atoms with Gasteiger partial charge in [-0.25, -0.2) is 4.98 Å². The van der Waals surface area contributed by atoms with Crippen molar-refractivity contribution in [2.45, 2.75) is 19.3 Å². The first-order chi connectivity index (χ1) is 16.6. The zero-order valence-electron chi connectivity index (χ0n) is 20.2. The lowest BCUT2D eigenvalue weighted by molar-refractivity contribution is -0.120. The first kappa shape index (κ1) is 25.1. The Labute approximate surface area is 202 Å². The van der Waals surface area contributed by atoms with Gasteiger partial charge >= 0.3 is 0 Å². The van der Waals surface area contributed by atoms with E-state index in [9.17, 15) is 4.79 Å². The number of carbonyl (C=O) groups is 1. The number of nitrogens with one attached hydrogen (secondary N) is 1. The van der Waals surface area contributed by atoms with Gasteiger partial charge in [0.15, 0.2) is 11.5 Å². The SMILES string of the molecule is COc1ccc(CCN(C)CCCNC(=O)CC=Cc2ccc(-n3ccnc3)cc2)cc1OC. The Morgan fingerprint density at radius 1 is 1.09 bits per heavy atom. The molecule has 0 radical (unpaired) electrons. The van der Waals surface area contributed by atoms with Gasteiger partial charge in [-0.1, -0.05) is 30.4 Å². The molecule has 0 fully saturated rings. The summed E-state index contributed by atoms with van der Waals surface area (Å²) in [6.45, 7) is 2.53. The molecular formula is C27H34N4O3. The third kappa shape index (κ3) is 7.78. The lowest BCUT2D eigenvalue weighted by Gasteiger charge is -2.17. The Kier molecular flexibility index (Phi) is 9.73. The number of aromatic nitrogens is 2. The maximum absolute atomic E-state index is 12.1. The van der Waals surface area contributed by atoms with Crippen LogP contribution in [0, 0.1) is 0 Å². The third-order valence-corrected chi connectivity index (χ3v) is 5.58. The van der Waals surface area contributed by atoms with Crippen LogP contribution in [0.15, 0.2) is 67.3 Å². The molecule has 0 saturated carbocycles. The highest BCUT2D eigenvalue weighted by atomic mass is 16.5. The zero-order valence-corrected chi connectivity index (χ0v) is 20.2. The lowest BCUT2D eigenvalue weighted by atomic mass is 10.1. The smallest absolute Gasteiger partial charge is 0.223 e. The van der Waals surface area contributed by atoms with E-state index in [2.05, 4.69) is 28.3 Å². The van der Waals surface area contributed by atoms with Gasteiger partial charge in [-0.2, -0.15) is 0 Å². The molecule has 0 spiro atoms. The largest absolute Gasteiger partial charge is 0.493 e. The van der Waals surface area contributed by atoms with Crippen molar-refractivity contribution >= 4 is 12.0 Å². The molecular weight excluding hydrogens is 428 g/mol. The van der Waals surface area contributed by atoms with Crippen molar-refractivity contribution in [1.29, 1.82) is 0 Å². The molecule has 0 bridgehead atoms. The number of benzene rings is 2. The van der Waals surface area contributed by atoms with Crippen LogP contribution >= 0.6 is 0 Å². The van der Waals surface area contributed by atoms with Crippen molar-refractivity contribution < 1.29 is 14.3 Å². The van der Waals surface area contributed by atoms with Gasteiger partial charge in [0.2, 0.25) is 5.91 Å². The summed E-state index contributed by atoms with van der Waals surface area (Å²) >= 11 is 0. The number of methoxy groups -OCH3 is 2. The van der Waals surface area contributed by atoms with E-state index < -0.39 is 0 Å². The first-order valence-corrected chi connectivity index (χ1v) is 11.5. The molecule has 1 aromatic heterocycles. The Morgan fingerprint density at radius 2 is 1.88 bits per heavy atom. The molecule has 3 aromatic rings. The predicted molar refractivity (Wildman–Crippen MR) is 136 cm³/mol. The molecule has 7 nitrogen and oxygen atoms in total. The highest BCUT2D eigenvalue weighted by molar-refractivity contribution is 5.78. The molecule has 0 unspecified atom stereocenters. The van der Waals surface area contributed by atoms with Gasteiger partial charge < -0.3 is 24.3 Å². The summed E-state index contributed by atoms with van der Waals surface area (Å²) in [5.74, 6) is 1.54. The summed E-state index contributed by atoms with van der Waals surface area (Å²) in [6, 6.07) is 14.1. The van der Waals surface area contributed by atoms with E-state index in [1.807, 2.05) is 59.3 Å². The molecule has 1 heterocycles. The van der Waals surface area contributed by atoms with Crippen LogP contribution in [-0.4, -0.2) is 61.3 Å². The minimum Gasteiger partial charge on any atom is -0.493 e. The molecule has 0 atom stereocenters. The van der Waals surface area contributed by atoms with E-state index in [0.717, 1.165) is 48.7 Å². The number of imidazole rings is 1. The van der Waals surface area contributed by atoms with E-state index in [0.29, 0.717) is 13.0 Å². The molecule has 0 aliphatic heterocycles. The van der Waals surface area contributed by atoms with Gasteiger partial charge in [0, 0.05) is 37.6 Å². The average molecular weight is 463 g/mol. The second kappa shape index (κ2) is 13.2. The standard InChI is InChI=1S/C27H34N4O3/c1-30(18-14-23-10-13-25(33-2)26(20-23)34-3)17-5-15-29-27(32)7-4-6-22-8-11-24(12-9-22)31-19-16-28-21-31/h4,6,8-13,16,19-21H,5,7,14-15,17-18H2,1-3H3,(H,29,32). The van der Waals surface area contributed by atoms with Crippen LogP contribution in [0.5, 0.6) is 11.5 Å². The minimum absolute atomic E-state index is 0.0410. The van der Waals surface area contributed by atoms with E-state index in [4.69, 9.17) is 9.47 Å². The Balaban J connectivity index is 1.30. The molecule has 2 aromatic carbocycles. The van der Waals surface area contributed by atoms with E-state index in [1.165, 1.54) is 5.56 Å². The summed E-state index contributed by atoms with van der Waals surface area (Å²) in [4.78, 5) is 18.4. The second-order valence-corrected chi connectivity index (χ2v) is 8.11. The lowest BCUT2D eigenvalue weighted by Crippen LogP contribution is -2.28. The van der Waals surface area contributed by atoms with E-state index >= 15 is 0 Å². The first-order valence-electron chi connectivity index (χ1n) is 11.5. The molecule has 1 N–H and O–H groups in total. The van der Waals surface area contributed by atoms with E-state index in [-0.39, 0.29) is 5.91 Å². The zero-order chi connectivity index (χ0) is 24.2. The quantitative estimate of drug-likeness (QED) is 0.389. The highest BCUT2D eigenvalue weighted by Gasteiger charge is 2.06. The van der Waals surface area contributed by atoms with Crippen LogP contribution in [0.4, 0.5) is 0 Å². The fraction of sp³-hybridized carbons (Fsp3) is 0.333. The van der Waals surface area contributed by atoms with Crippen molar-refractivity contribution in [3.8, 4) is 17.2 Å². The van der Waals surface area contributed by atoms with Crippen molar-refractivity contribution in [2.24, 2.45) is 0 Å². The Morgan fingerprint density at radius 3 is 2.59 bits per heavy atom. The number of hydrogen-bond donors (Lipinski definition) is 1. The maximum Gasteiger partial charge on any atom is 0.223 e. The van der Waals surface area contributed by atoms with E-state index in [1.54, 1.807) is 26.7 Å². The number of amides is 1. The van der Waals surface area contributed by atoms with Gasteiger partial charge in [-0.15, -0.1) is 0 Å². The van der Waals surface area contributed by atoms with Crippen LogP contribution in [0.2, 0.25) is 0 Å². The Bertz CT molecular complexity index is 1050. The molecule has 3 rings (SSSR count). The summed E-state index contributed by atoms with van der Waals surface area (Å²) in [6.07, 6.45) is 11.5. The molecule has 0 saturated heterocycles. The number of ether oxygens (including phenoxy) is 2. The number of likely N-dealkylation sites (N-methyl/N-ethyl adjacent to an activating group) is 1. The highest BCUT2D eigenvalue weighted by Crippen LogP contribution is 2.27. The van der Waals surface area contributed by atoms with Crippen molar-refractivity contribution in [1.82, 2.24) is 19.8 Å². The number of carbonyl (C=O) groups excluding carboxylic acids is 1. The summed E-state index contributed by atoms with van der Waals surface area (Å²) < 4.78 is 12.6. The van der Waals surface area contributed by atoms with Crippen molar-refractivity contribution in [3.05, 3.63) is 78.4 Å². The fourth-order valence-electron chi connectivity index (χ4n) is 3.59. The van der Waals surface area contributed by atoms with Crippen LogP contribution in [0.3, 0.4) is 0 Å². The van der Waals surface area contributed by atoms with Crippen molar-refractivity contribution in [2.75, 3.05) is 40.9 Å². The normalized spacial score (nSPS) is 11.2. The second-order valence-electron chi connectivity index (χ2n) is 8.11.